The molecule has 9 heteroatoms. The Morgan fingerprint density at radius 3 is 2.63 bits per heavy atom. The van der Waals surface area contributed by atoms with Gasteiger partial charge in [-0.2, -0.15) is 0 Å². The molecule has 1 fully saturated rings. The molecule has 0 aromatic carbocycles. The lowest BCUT2D eigenvalue weighted by Crippen LogP contribution is -2.48. The zero-order chi connectivity index (χ0) is 18.6. The van der Waals surface area contributed by atoms with Crippen LogP contribution in [0.2, 0.25) is 0 Å². The van der Waals surface area contributed by atoms with Gasteiger partial charge in [0.25, 0.3) is 0 Å². The number of nitrogens with one attached hydrogen (secondary N) is 1. The van der Waals surface area contributed by atoms with Crippen LogP contribution in [-0.2, 0) is 4.79 Å². The lowest BCUT2D eigenvalue weighted by molar-refractivity contribution is -0.129. The van der Waals surface area contributed by atoms with E-state index in [1.165, 1.54) is 17.7 Å². The van der Waals surface area contributed by atoms with Gasteiger partial charge in [-0.15, -0.1) is 0 Å². The van der Waals surface area contributed by atoms with Crippen LogP contribution in [0.4, 0.5) is 16.6 Å². The van der Waals surface area contributed by atoms with Crippen molar-refractivity contribution >= 4 is 33.9 Å². The van der Waals surface area contributed by atoms with Crippen LogP contribution >= 0.6 is 11.3 Å². The number of aromatic nitrogens is 4. The molecule has 0 atom stereocenters. The summed E-state index contributed by atoms with van der Waals surface area (Å²) >= 11 is 1.53. The van der Waals surface area contributed by atoms with Crippen molar-refractivity contribution in [1.29, 1.82) is 0 Å². The molecule has 0 unspecified atom stereocenters. The van der Waals surface area contributed by atoms with Gasteiger partial charge in [-0.05, 0) is 6.07 Å². The minimum absolute atomic E-state index is 0.134. The number of pyridine rings is 1. The number of nitrogens with zero attached hydrogens (tertiary/aromatic N) is 6. The van der Waals surface area contributed by atoms with Crippen molar-refractivity contribution in [1.82, 2.24) is 24.8 Å². The first-order valence-corrected chi connectivity index (χ1v) is 9.45. The van der Waals surface area contributed by atoms with E-state index in [0.717, 1.165) is 53.3 Å². The molecule has 0 aliphatic carbocycles. The highest BCUT2D eigenvalue weighted by molar-refractivity contribution is 7.18. The monoisotopic (exact) mass is 381 g/mol. The van der Waals surface area contributed by atoms with Gasteiger partial charge in [0.2, 0.25) is 5.91 Å². The summed E-state index contributed by atoms with van der Waals surface area (Å²) in [5.41, 5.74) is 2.03. The zero-order valence-electron chi connectivity index (χ0n) is 14.9. The molecule has 0 bridgehead atoms. The molecule has 1 aliphatic heterocycles. The summed E-state index contributed by atoms with van der Waals surface area (Å²) in [6.07, 6.45) is 8.63. The normalized spacial score (nSPS) is 14.3. The number of rotatable bonds is 4. The summed E-state index contributed by atoms with van der Waals surface area (Å²) in [6.45, 7) is 4.75. The second kappa shape index (κ2) is 7.67. The molecule has 8 nitrogen and oxygen atoms in total. The Morgan fingerprint density at radius 2 is 1.89 bits per heavy atom. The first-order valence-electron chi connectivity index (χ1n) is 8.64. The predicted octanol–water partition coefficient (Wildman–Crippen LogP) is 2.41. The van der Waals surface area contributed by atoms with Crippen LogP contribution in [0.3, 0.4) is 0 Å². The van der Waals surface area contributed by atoms with Gasteiger partial charge in [-0.25, -0.2) is 19.9 Å². The molecule has 0 radical (unpaired) electrons. The fourth-order valence-corrected chi connectivity index (χ4v) is 3.76. The average Bonchev–Trinajstić information content (AvgIpc) is 3.17. The summed E-state index contributed by atoms with van der Waals surface area (Å²) in [5, 5.41) is 4.03. The third kappa shape index (κ3) is 4.03. The smallest absolute Gasteiger partial charge is 0.219 e. The fourth-order valence-electron chi connectivity index (χ4n) is 2.97. The van der Waals surface area contributed by atoms with Crippen molar-refractivity contribution in [2.45, 2.75) is 6.92 Å². The van der Waals surface area contributed by atoms with Crippen molar-refractivity contribution in [3.05, 3.63) is 43.2 Å². The Kier molecular flexibility index (Phi) is 4.93. The van der Waals surface area contributed by atoms with Gasteiger partial charge in [0.15, 0.2) is 5.13 Å². The lowest BCUT2D eigenvalue weighted by Gasteiger charge is -2.35. The van der Waals surface area contributed by atoms with Crippen LogP contribution in [-0.4, -0.2) is 56.9 Å². The number of anilines is 3. The van der Waals surface area contributed by atoms with E-state index in [4.69, 9.17) is 0 Å². The minimum atomic E-state index is 0.134. The highest BCUT2D eigenvalue weighted by Crippen LogP contribution is 2.30. The third-order valence-corrected chi connectivity index (χ3v) is 5.38. The number of amides is 1. The van der Waals surface area contributed by atoms with Crippen LogP contribution in [0.1, 0.15) is 6.92 Å². The SMILES string of the molecule is CC(=O)N1CCN(c2ccnc(Nc3ncc(-c4cncnc4)s3)c2)CC1. The Balaban J connectivity index is 1.44. The van der Waals surface area contributed by atoms with Gasteiger partial charge in [-0.1, -0.05) is 11.3 Å². The van der Waals surface area contributed by atoms with Crippen molar-refractivity contribution in [3.8, 4) is 10.4 Å². The van der Waals surface area contributed by atoms with Crippen molar-refractivity contribution in [2.75, 3.05) is 36.4 Å². The second-order valence-electron chi connectivity index (χ2n) is 6.17. The average molecular weight is 381 g/mol. The predicted molar refractivity (Wildman–Crippen MR) is 105 cm³/mol. The third-order valence-electron chi connectivity index (χ3n) is 4.42. The highest BCUT2D eigenvalue weighted by atomic mass is 32.1. The molecule has 3 aromatic rings. The quantitative estimate of drug-likeness (QED) is 0.742. The molecule has 0 saturated carbocycles. The number of carbonyl (C=O) groups excluding carboxylic acids is 1. The number of hydrogen-bond donors (Lipinski definition) is 1. The van der Waals surface area contributed by atoms with E-state index in [-0.39, 0.29) is 5.91 Å². The van der Waals surface area contributed by atoms with E-state index < -0.39 is 0 Å². The first-order chi connectivity index (χ1) is 13.2. The summed E-state index contributed by atoms with van der Waals surface area (Å²) < 4.78 is 0. The van der Waals surface area contributed by atoms with Gasteiger partial charge >= 0.3 is 0 Å². The Labute approximate surface area is 160 Å². The van der Waals surface area contributed by atoms with Gasteiger partial charge in [0, 0.05) is 75.2 Å². The van der Waals surface area contributed by atoms with Crippen molar-refractivity contribution in [2.24, 2.45) is 0 Å². The summed E-state index contributed by atoms with van der Waals surface area (Å²) in [6, 6.07) is 4.00. The lowest BCUT2D eigenvalue weighted by atomic mass is 10.2. The molecule has 27 heavy (non-hydrogen) atoms. The van der Waals surface area contributed by atoms with E-state index in [1.54, 1.807) is 31.7 Å². The van der Waals surface area contributed by atoms with Crippen molar-refractivity contribution in [3.63, 3.8) is 0 Å². The first kappa shape index (κ1) is 17.3. The number of hydrogen-bond acceptors (Lipinski definition) is 8. The van der Waals surface area contributed by atoms with Crippen LogP contribution < -0.4 is 10.2 Å². The van der Waals surface area contributed by atoms with Gasteiger partial charge in [0.1, 0.15) is 12.1 Å². The molecule has 1 saturated heterocycles. The largest absolute Gasteiger partial charge is 0.368 e. The maximum Gasteiger partial charge on any atom is 0.219 e. The maximum absolute atomic E-state index is 11.5. The topological polar surface area (TPSA) is 87.1 Å². The molecule has 4 heterocycles. The number of carbonyl (C=O) groups is 1. The van der Waals surface area contributed by atoms with E-state index in [9.17, 15) is 4.79 Å². The minimum Gasteiger partial charge on any atom is -0.368 e. The molecule has 1 N–H and O–H groups in total. The standard InChI is InChI=1S/C18H19N7OS/c1-13(26)24-4-6-25(7-5-24)15-2-3-21-17(8-15)23-18-22-11-16(27-18)14-9-19-12-20-10-14/h2-3,8-12H,4-7H2,1H3,(H,21,22,23). The second-order valence-corrected chi connectivity index (χ2v) is 7.20. The number of piperazine rings is 1. The van der Waals surface area contributed by atoms with Crippen LogP contribution in [0, 0.1) is 0 Å². The molecular weight excluding hydrogens is 362 g/mol. The van der Waals surface area contributed by atoms with Gasteiger partial charge in [0.05, 0.1) is 4.88 Å². The van der Waals surface area contributed by atoms with Gasteiger partial charge < -0.3 is 15.1 Å². The van der Waals surface area contributed by atoms with E-state index in [1.807, 2.05) is 17.0 Å². The summed E-state index contributed by atoms with van der Waals surface area (Å²) in [4.78, 5) is 33.5. The van der Waals surface area contributed by atoms with Crippen LogP contribution in [0.15, 0.2) is 43.2 Å². The van der Waals surface area contributed by atoms with E-state index in [0.29, 0.717) is 0 Å². The summed E-state index contributed by atoms with van der Waals surface area (Å²) in [7, 11) is 0. The Hall–Kier alpha value is -3.07. The maximum atomic E-state index is 11.5. The van der Waals surface area contributed by atoms with Gasteiger partial charge in [-0.3, -0.25) is 4.79 Å². The molecule has 1 aliphatic rings. The molecule has 138 valence electrons. The molecule has 0 spiro atoms. The zero-order valence-corrected chi connectivity index (χ0v) is 15.7. The van der Waals surface area contributed by atoms with E-state index >= 15 is 0 Å². The fraction of sp³-hybridized carbons (Fsp3) is 0.278. The van der Waals surface area contributed by atoms with Crippen LogP contribution in [0.5, 0.6) is 0 Å². The van der Waals surface area contributed by atoms with E-state index in [2.05, 4.69) is 30.2 Å². The highest BCUT2D eigenvalue weighted by Gasteiger charge is 2.19. The number of thiazole rings is 1. The Morgan fingerprint density at radius 1 is 1.11 bits per heavy atom. The molecule has 1 amide bonds. The summed E-state index contributed by atoms with van der Waals surface area (Å²) in [5.74, 6) is 0.877. The molecule has 4 rings (SSSR count). The molecular formula is C18H19N7OS. The van der Waals surface area contributed by atoms with Crippen molar-refractivity contribution < 1.29 is 4.79 Å². The Bertz CT molecular complexity index is 922. The molecule has 3 aromatic heterocycles. The van der Waals surface area contributed by atoms with Crippen LogP contribution in [0.25, 0.3) is 10.4 Å².